The van der Waals surface area contributed by atoms with Gasteiger partial charge < -0.3 is 14.8 Å². The smallest absolute Gasteiger partial charge is 0.312 e. The van der Waals surface area contributed by atoms with E-state index in [4.69, 9.17) is 9.47 Å². The van der Waals surface area contributed by atoms with E-state index in [1.165, 1.54) is 0 Å². The Hall–Kier alpha value is -1.36. The lowest BCUT2D eigenvalue weighted by Crippen LogP contribution is -2.59. The average molecular weight is 289 g/mol. The predicted molar refractivity (Wildman–Crippen MR) is 72.1 cm³/mol. The van der Waals surface area contributed by atoms with Crippen LogP contribution in [0.2, 0.25) is 0 Å². The molecule has 5 aliphatic rings. The first kappa shape index (κ1) is 12.2. The summed E-state index contributed by atoms with van der Waals surface area (Å²) in [5.41, 5.74) is 0.0977. The molecule has 1 N–H and O–H groups in total. The van der Waals surface area contributed by atoms with E-state index in [1.54, 1.807) is 6.08 Å². The highest BCUT2D eigenvalue weighted by Gasteiger charge is 2.79. The molecule has 1 amide bonds. The van der Waals surface area contributed by atoms with E-state index in [1.807, 2.05) is 6.92 Å². The summed E-state index contributed by atoms with van der Waals surface area (Å²) in [5.74, 6) is 0.0127. The lowest BCUT2D eigenvalue weighted by molar-refractivity contribution is -0.149. The monoisotopic (exact) mass is 289 g/mol. The van der Waals surface area contributed by atoms with Crippen LogP contribution in [0.4, 0.5) is 0 Å². The highest BCUT2D eigenvalue weighted by molar-refractivity contribution is 5.91. The van der Waals surface area contributed by atoms with Crippen molar-refractivity contribution >= 4 is 11.9 Å². The first-order valence-corrected chi connectivity index (χ1v) is 7.81. The topological polar surface area (TPSA) is 67.9 Å². The zero-order chi connectivity index (χ0) is 14.6. The fourth-order valence-electron chi connectivity index (χ4n) is 5.81. The van der Waals surface area contributed by atoms with Gasteiger partial charge in [0.25, 0.3) is 0 Å². The number of rotatable bonds is 0. The summed E-state index contributed by atoms with van der Waals surface area (Å²) in [6, 6.07) is 0. The molecule has 0 aromatic carbocycles. The minimum atomic E-state index is -0.426. The number of carbonyl (C=O) groups excluding carboxylic acids is 2. The van der Waals surface area contributed by atoms with Crippen molar-refractivity contribution in [1.29, 1.82) is 0 Å². The molecule has 21 heavy (non-hydrogen) atoms. The van der Waals surface area contributed by atoms with Gasteiger partial charge in [-0.15, -0.1) is 0 Å². The molecule has 2 saturated heterocycles. The molecule has 5 rings (SSSR count). The van der Waals surface area contributed by atoms with Crippen molar-refractivity contribution in [2.45, 2.75) is 50.9 Å². The van der Waals surface area contributed by atoms with Gasteiger partial charge >= 0.3 is 5.97 Å². The molecule has 2 aliphatic carbocycles. The van der Waals surface area contributed by atoms with Gasteiger partial charge in [0.05, 0.1) is 12.0 Å². The van der Waals surface area contributed by atoms with Crippen molar-refractivity contribution in [2.24, 2.45) is 16.7 Å². The predicted octanol–water partition coefficient (Wildman–Crippen LogP) is 0.932. The summed E-state index contributed by atoms with van der Waals surface area (Å²) in [4.78, 5) is 24.3. The van der Waals surface area contributed by atoms with E-state index < -0.39 is 11.0 Å². The van der Waals surface area contributed by atoms with E-state index in [-0.39, 0.29) is 35.4 Å². The number of hydrogen-bond donors (Lipinski definition) is 1. The number of ether oxygens (including phenoxy) is 2. The van der Waals surface area contributed by atoms with Crippen LogP contribution in [0.15, 0.2) is 11.6 Å². The first-order chi connectivity index (χ1) is 9.92. The van der Waals surface area contributed by atoms with Gasteiger partial charge in [-0.05, 0) is 30.8 Å². The number of esters is 1. The van der Waals surface area contributed by atoms with Crippen molar-refractivity contribution in [3.8, 4) is 0 Å². The molecular formula is C16H19NO4. The van der Waals surface area contributed by atoms with Crippen LogP contribution in [0.1, 0.15) is 33.1 Å². The van der Waals surface area contributed by atoms with Gasteiger partial charge in [-0.1, -0.05) is 13.3 Å². The third-order valence-corrected chi connectivity index (χ3v) is 6.71. The van der Waals surface area contributed by atoms with Gasteiger partial charge in [0.15, 0.2) is 0 Å². The molecule has 0 aromatic heterocycles. The molecule has 0 radical (unpaired) electrons. The average Bonchev–Trinajstić information content (AvgIpc) is 3.08. The summed E-state index contributed by atoms with van der Waals surface area (Å²) >= 11 is 0. The van der Waals surface area contributed by atoms with Crippen molar-refractivity contribution in [1.82, 2.24) is 5.32 Å². The largest absolute Gasteiger partial charge is 0.459 e. The Morgan fingerprint density at radius 1 is 1.24 bits per heavy atom. The van der Waals surface area contributed by atoms with E-state index in [9.17, 15) is 9.59 Å². The lowest BCUT2D eigenvalue weighted by atomic mass is 9.48. The van der Waals surface area contributed by atoms with Crippen LogP contribution in [0.25, 0.3) is 0 Å². The third-order valence-electron chi connectivity index (χ3n) is 6.71. The summed E-state index contributed by atoms with van der Waals surface area (Å²) in [7, 11) is 0. The van der Waals surface area contributed by atoms with Gasteiger partial charge in [-0.3, -0.25) is 9.59 Å². The van der Waals surface area contributed by atoms with Crippen molar-refractivity contribution < 1.29 is 19.1 Å². The SMILES string of the molecule is CC12CCC[C@]3(C)C4=CC(=O)NCC45OC5[C@@H](OC1=O)[C@@H]23. The van der Waals surface area contributed by atoms with E-state index in [0.29, 0.717) is 6.54 Å². The number of fused-ring (bicyclic) bond motifs is 2. The maximum absolute atomic E-state index is 12.5. The van der Waals surface area contributed by atoms with Crippen LogP contribution in [0.3, 0.4) is 0 Å². The molecule has 6 atom stereocenters. The summed E-state index contributed by atoms with van der Waals surface area (Å²) < 4.78 is 11.8. The molecule has 2 saturated carbocycles. The number of hydrogen-bond acceptors (Lipinski definition) is 4. The summed E-state index contributed by atoms with van der Waals surface area (Å²) in [6.45, 7) is 4.75. The van der Waals surface area contributed by atoms with Crippen LogP contribution in [0, 0.1) is 16.7 Å². The van der Waals surface area contributed by atoms with Gasteiger partial charge in [-0.2, -0.15) is 0 Å². The fourth-order valence-corrected chi connectivity index (χ4v) is 5.81. The Kier molecular flexibility index (Phi) is 1.85. The Balaban J connectivity index is 1.74. The van der Waals surface area contributed by atoms with Crippen molar-refractivity contribution in [2.75, 3.05) is 6.54 Å². The molecule has 5 heteroatoms. The van der Waals surface area contributed by atoms with Crippen LogP contribution < -0.4 is 5.32 Å². The second-order valence-electron chi connectivity index (χ2n) is 7.74. The summed E-state index contributed by atoms with van der Waals surface area (Å²) in [6.07, 6.45) is 4.37. The van der Waals surface area contributed by atoms with Crippen LogP contribution in [0.5, 0.6) is 0 Å². The maximum Gasteiger partial charge on any atom is 0.312 e. The maximum atomic E-state index is 12.5. The normalized spacial score (nSPS) is 56.5. The molecule has 3 unspecified atom stereocenters. The van der Waals surface area contributed by atoms with Gasteiger partial charge in [0.1, 0.15) is 17.8 Å². The Labute approximate surface area is 123 Å². The number of nitrogens with one attached hydrogen (secondary N) is 1. The fraction of sp³-hybridized carbons (Fsp3) is 0.750. The highest BCUT2D eigenvalue weighted by Crippen LogP contribution is 2.71. The Morgan fingerprint density at radius 3 is 2.81 bits per heavy atom. The number of amides is 1. The van der Waals surface area contributed by atoms with Crippen LogP contribution >= 0.6 is 0 Å². The summed E-state index contributed by atoms with van der Waals surface area (Å²) in [5, 5.41) is 2.87. The first-order valence-electron chi connectivity index (χ1n) is 7.81. The standard InChI is InChI=1S/C16H19NO4/c1-14-4-3-5-15(2)11(14)10(20-13(15)19)12-16(21-12)7-17-9(18)6-8(14)16/h6,10-12H,3-5,7H2,1-2H3,(H,17,18)/t10-,11+,12?,14+,15?,16?/m0/s1. The zero-order valence-electron chi connectivity index (χ0n) is 12.3. The Bertz CT molecular complexity index is 628. The molecular weight excluding hydrogens is 270 g/mol. The second kappa shape index (κ2) is 3.19. The zero-order valence-corrected chi connectivity index (χ0v) is 12.3. The number of epoxide rings is 1. The molecule has 0 aromatic rings. The molecule has 1 spiro atoms. The van der Waals surface area contributed by atoms with Crippen molar-refractivity contribution in [3.63, 3.8) is 0 Å². The van der Waals surface area contributed by atoms with Gasteiger partial charge in [0, 0.05) is 12.0 Å². The van der Waals surface area contributed by atoms with E-state index in [0.717, 1.165) is 24.8 Å². The van der Waals surface area contributed by atoms with Crippen molar-refractivity contribution in [3.05, 3.63) is 11.6 Å². The lowest BCUT2D eigenvalue weighted by Gasteiger charge is -2.53. The van der Waals surface area contributed by atoms with E-state index in [2.05, 4.69) is 12.2 Å². The van der Waals surface area contributed by atoms with Gasteiger partial charge in [0.2, 0.25) is 5.91 Å². The van der Waals surface area contributed by atoms with Gasteiger partial charge in [-0.25, -0.2) is 0 Å². The molecule has 0 bridgehead atoms. The molecule has 4 fully saturated rings. The molecule has 112 valence electrons. The Morgan fingerprint density at radius 2 is 2.00 bits per heavy atom. The minimum Gasteiger partial charge on any atom is -0.459 e. The molecule has 3 heterocycles. The van der Waals surface area contributed by atoms with E-state index >= 15 is 0 Å². The molecule has 5 nitrogen and oxygen atoms in total. The number of carbonyl (C=O) groups is 2. The second-order valence-corrected chi connectivity index (χ2v) is 7.74. The highest BCUT2D eigenvalue weighted by atomic mass is 16.7. The third kappa shape index (κ3) is 1.13. The minimum absolute atomic E-state index is 0.0398. The van der Waals surface area contributed by atoms with Crippen LogP contribution in [-0.4, -0.2) is 36.2 Å². The quantitative estimate of drug-likeness (QED) is 0.532. The molecule has 3 aliphatic heterocycles. The van der Waals surface area contributed by atoms with Crippen LogP contribution in [-0.2, 0) is 19.1 Å².